The molecule has 1 unspecified atom stereocenters. The Bertz CT molecular complexity index is 777. The lowest BCUT2D eigenvalue weighted by atomic mass is 10.2. The van der Waals surface area contributed by atoms with E-state index < -0.39 is 9.84 Å². The van der Waals surface area contributed by atoms with Gasteiger partial charge in [0.2, 0.25) is 5.91 Å². The molecule has 2 aliphatic rings. The van der Waals surface area contributed by atoms with Crippen molar-refractivity contribution in [1.82, 2.24) is 4.90 Å². The lowest BCUT2D eigenvalue weighted by Crippen LogP contribution is -2.38. The molecule has 8 nitrogen and oxygen atoms in total. The van der Waals surface area contributed by atoms with Gasteiger partial charge in [-0.25, -0.2) is 8.42 Å². The average Bonchev–Trinajstić information content (AvgIpc) is 2.87. The Morgan fingerprint density at radius 2 is 2.25 bits per heavy atom. The average molecular weight is 353 g/mol. The molecule has 1 atom stereocenters. The van der Waals surface area contributed by atoms with Crippen LogP contribution >= 0.6 is 0 Å². The normalized spacial score (nSPS) is 21.8. The molecule has 2 heterocycles. The summed E-state index contributed by atoms with van der Waals surface area (Å²) < 4.78 is 28.3. The predicted octanol–water partition coefficient (Wildman–Crippen LogP) is 0.0749. The van der Waals surface area contributed by atoms with Gasteiger partial charge in [-0.05, 0) is 31.7 Å². The number of nitrogens with one attached hydrogen (secondary N) is 2. The van der Waals surface area contributed by atoms with E-state index in [-0.39, 0.29) is 42.5 Å². The third-order valence-electron chi connectivity index (χ3n) is 4.12. The number of benzene rings is 1. The summed E-state index contributed by atoms with van der Waals surface area (Å²) in [4.78, 5) is 25.2. The molecule has 0 aromatic heterocycles. The van der Waals surface area contributed by atoms with Gasteiger partial charge in [-0.3, -0.25) is 14.5 Å². The van der Waals surface area contributed by atoms with Crippen LogP contribution in [-0.4, -0.2) is 62.9 Å². The monoisotopic (exact) mass is 353 g/mol. The lowest BCUT2D eigenvalue weighted by molar-refractivity contribution is -0.119. The molecule has 1 fully saturated rings. The lowest BCUT2D eigenvalue weighted by Gasteiger charge is -2.22. The quantitative estimate of drug-likeness (QED) is 0.794. The zero-order chi connectivity index (χ0) is 17.3. The maximum absolute atomic E-state index is 12.2. The number of anilines is 2. The number of sulfone groups is 1. The number of ether oxygens (including phenoxy) is 1. The molecule has 1 saturated heterocycles. The highest BCUT2D eigenvalue weighted by Crippen LogP contribution is 2.30. The molecule has 3 rings (SSSR count). The molecule has 24 heavy (non-hydrogen) atoms. The number of likely N-dealkylation sites (N-methyl/N-ethyl adjacent to an activating group) is 1. The standard InChI is InChI=1S/C15H19N3O5S/c1-18(11-4-5-24(21,22)9-11)7-14(19)16-10-2-3-13-12(6-10)17-15(20)8-23-13/h2-3,6,11H,4-5,7-9H2,1H3,(H,16,19)(H,17,20). The van der Waals surface area contributed by atoms with E-state index in [1.54, 1.807) is 30.1 Å². The second-order valence-corrected chi connectivity index (χ2v) is 8.30. The number of fused-ring (bicyclic) bond motifs is 1. The minimum atomic E-state index is -2.98. The van der Waals surface area contributed by atoms with Crippen molar-refractivity contribution in [3.05, 3.63) is 18.2 Å². The summed E-state index contributed by atoms with van der Waals surface area (Å²) in [6.07, 6.45) is 0.550. The van der Waals surface area contributed by atoms with Gasteiger partial charge in [-0.15, -0.1) is 0 Å². The molecule has 2 aliphatic heterocycles. The third kappa shape index (κ3) is 3.85. The van der Waals surface area contributed by atoms with Crippen LogP contribution in [0.5, 0.6) is 5.75 Å². The van der Waals surface area contributed by atoms with Gasteiger partial charge in [0, 0.05) is 11.7 Å². The number of carbonyl (C=O) groups is 2. The van der Waals surface area contributed by atoms with Gasteiger partial charge in [0.05, 0.1) is 23.7 Å². The van der Waals surface area contributed by atoms with E-state index in [4.69, 9.17) is 4.74 Å². The summed E-state index contributed by atoms with van der Waals surface area (Å²) in [5.41, 5.74) is 1.05. The van der Waals surface area contributed by atoms with Crippen LogP contribution in [0.15, 0.2) is 18.2 Å². The summed E-state index contributed by atoms with van der Waals surface area (Å²) in [5, 5.41) is 5.42. The molecule has 0 radical (unpaired) electrons. The highest BCUT2D eigenvalue weighted by molar-refractivity contribution is 7.91. The minimum Gasteiger partial charge on any atom is -0.482 e. The van der Waals surface area contributed by atoms with Gasteiger partial charge in [0.15, 0.2) is 16.4 Å². The molecule has 1 aromatic carbocycles. The Hall–Kier alpha value is -2.13. The third-order valence-corrected chi connectivity index (χ3v) is 5.87. The first-order valence-corrected chi connectivity index (χ1v) is 9.42. The van der Waals surface area contributed by atoms with Gasteiger partial charge in [-0.2, -0.15) is 0 Å². The van der Waals surface area contributed by atoms with Crippen molar-refractivity contribution < 1.29 is 22.7 Å². The van der Waals surface area contributed by atoms with Crippen LogP contribution < -0.4 is 15.4 Å². The van der Waals surface area contributed by atoms with Crippen LogP contribution in [0.25, 0.3) is 0 Å². The Kier molecular flexibility index (Phi) is 4.46. The molecule has 2 amide bonds. The highest BCUT2D eigenvalue weighted by Gasteiger charge is 2.31. The fourth-order valence-electron chi connectivity index (χ4n) is 2.84. The van der Waals surface area contributed by atoms with Crippen LogP contribution in [-0.2, 0) is 19.4 Å². The van der Waals surface area contributed by atoms with Gasteiger partial charge < -0.3 is 15.4 Å². The summed E-state index contributed by atoms with van der Waals surface area (Å²) >= 11 is 0. The van der Waals surface area contributed by atoms with Crippen LogP contribution in [0.2, 0.25) is 0 Å². The molecule has 0 saturated carbocycles. The summed E-state index contributed by atoms with van der Waals surface area (Å²) in [7, 11) is -1.24. The van der Waals surface area contributed by atoms with Crippen LogP contribution in [0.3, 0.4) is 0 Å². The van der Waals surface area contributed by atoms with Crippen LogP contribution in [0, 0.1) is 0 Å². The predicted molar refractivity (Wildman–Crippen MR) is 88.9 cm³/mol. The van der Waals surface area contributed by atoms with E-state index in [0.717, 1.165) is 0 Å². The van der Waals surface area contributed by atoms with Crippen molar-refractivity contribution in [1.29, 1.82) is 0 Å². The topological polar surface area (TPSA) is 105 Å². The molecule has 9 heteroatoms. The SMILES string of the molecule is CN(CC(=O)Nc1ccc2c(c1)NC(=O)CO2)C1CCS(=O)(=O)C1. The first-order valence-electron chi connectivity index (χ1n) is 7.60. The number of amides is 2. The van der Waals surface area contributed by atoms with Gasteiger partial charge in [0.1, 0.15) is 5.75 Å². The first kappa shape index (κ1) is 16.7. The Morgan fingerprint density at radius 1 is 1.46 bits per heavy atom. The second-order valence-electron chi connectivity index (χ2n) is 6.07. The number of hydrogen-bond acceptors (Lipinski definition) is 6. The van der Waals surface area contributed by atoms with Crippen molar-refractivity contribution in [2.24, 2.45) is 0 Å². The van der Waals surface area contributed by atoms with Crippen molar-refractivity contribution in [2.45, 2.75) is 12.5 Å². The number of rotatable bonds is 4. The molecule has 2 N–H and O–H groups in total. The van der Waals surface area contributed by atoms with E-state index in [2.05, 4.69) is 10.6 Å². The Morgan fingerprint density at radius 3 is 2.96 bits per heavy atom. The summed E-state index contributed by atoms with van der Waals surface area (Å²) in [5.74, 6) is 0.339. The minimum absolute atomic E-state index is 0.0200. The van der Waals surface area contributed by atoms with Crippen molar-refractivity contribution >= 4 is 33.0 Å². The van der Waals surface area contributed by atoms with Gasteiger partial charge in [0.25, 0.3) is 5.91 Å². The molecular formula is C15H19N3O5S. The second kappa shape index (κ2) is 6.40. The van der Waals surface area contributed by atoms with Gasteiger partial charge in [-0.1, -0.05) is 0 Å². The van der Waals surface area contributed by atoms with Crippen LogP contribution in [0.1, 0.15) is 6.42 Å². The maximum Gasteiger partial charge on any atom is 0.262 e. The van der Waals surface area contributed by atoms with Crippen LogP contribution in [0.4, 0.5) is 11.4 Å². The molecule has 0 bridgehead atoms. The largest absolute Gasteiger partial charge is 0.482 e. The first-order chi connectivity index (χ1) is 11.3. The molecular weight excluding hydrogens is 334 g/mol. The highest BCUT2D eigenvalue weighted by atomic mass is 32.2. The zero-order valence-corrected chi connectivity index (χ0v) is 14.1. The van der Waals surface area contributed by atoms with E-state index in [0.29, 0.717) is 23.5 Å². The van der Waals surface area contributed by atoms with E-state index >= 15 is 0 Å². The van der Waals surface area contributed by atoms with E-state index in [9.17, 15) is 18.0 Å². The van der Waals surface area contributed by atoms with E-state index in [1.807, 2.05) is 0 Å². The summed E-state index contributed by atoms with van der Waals surface area (Å²) in [6.45, 7) is 0.0773. The smallest absolute Gasteiger partial charge is 0.262 e. The Balaban J connectivity index is 1.59. The summed E-state index contributed by atoms with van der Waals surface area (Å²) in [6, 6.07) is 4.87. The number of nitrogens with zero attached hydrogens (tertiary/aromatic N) is 1. The van der Waals surface area contributed by atoms with Crippen molar-refractivity contribution in [3.63, 3.8) is 0 Å². The molecule has 0 aliphatic carbocycles. The van der Waals surface area contributed by atoms with E-state index in [1.165, 1.54) is 0 Å². The number of hydrogen-bond donors (Lipinski definition) is 2. The molecule has 130 valence electrons. The van der Waals surface area contributed by atoms with Gasteiger partial charge >= 0.3 is 0 Å². The molecule has 1 aromatic rings. The number of carbonyl (C=O) groups excluding carboxylic acids is 2. The van der Waals surface area contributed by atoms with Crippen molar-refractivity contribution in [2.75, 3.05) is 42.3 Å². The fraction of sp³-hybridized carbons (Fsp3) is 0.467. The van der Waals surface area contributed by atoms with Crippen molar-refractivity contribution in [3.8, 4) is 5.75 Å². The fourth-order valence-corrected chi connectivity index (χ4v) is 4.65. The maximum atomic E-state index is 12.2. The molecule has 0 spiro atoms. The Labute approximate surface area is 140 Å². The zero-order valence-electron chi connectivity index (χ0n) is 13.2.